The molecule has 0 saturated heterocycles. The summed E-state index contributed by atoms with van der Waals surface area (Å²) in [5.74, 6) is -1.33. The third-order valence-corrected chi connectivity index (χ3v) is 2.38. The van der Waals surface area contributed by atoms with E-state index >= 15 is 0 Å². The SMILES string of the molecule is C=CCN(CC=C)[C@@H](CCC(=O)OCC)C(=O)O. The maximum absolute atomic E-state index is 11.2. The molecule has 1 atom stereocenters. The number of carboxylic acid groups (broad SMARTS) is 1. The second-order valence-corrected chi connectivity index (χ2v) is 3.73. The fourth-order valence-corrected chi connectivity index (χ4v) is 1.61. The highest BCUT2D eigenvalue weighted by Crippen LogP contribution is 2.09. The molecule has 1 N–H and O–H groups in total. The number of aliphatic carboxylic acids is 1. The molecule has 0 unspecified atom stereocenters. The fraction of sp³-hybridized carbons (Fsp3) is 0.538. The van der Waals surface area contributed by atoms with Gasteiger partial charge in [0, 0.05) is 19.5 Å². The van der Waals surface area contributed by atoms with Gasteiger partial charge in [0.25, 0.3) is 0 Å². The molecule has 18 heavy (non-hydrogen) atoms. The number of carbonyl (C=O) groups excluding carboxylic acids is 1. The van der Waals surface area contributed by atoms with Crippen molar-refractivity contribution < 1.29 is 19.4 Å². The van der Waals surface area contributed by atoms with Crippen LogP contribution < -0.4 is 0 Å². The van der Waals surface area contributed by atoms with E-state index in [9.17, 15) is 14.7 Å². The monoisotopic (exact) mass is 255 g/mol. The lowest BCUT2D eigenvalue weighted by Crippen LogP contribution is -2.41. The molecule has 0 aromatic heterocycles. The summed E-state index contributed by atoms with van der Waals surface area (Å²) in [6.07, 6.45) is 3.57. The Kier molecular flexibility index (Phi) is 8.57. The van der Waals surface area contributed by atoms with Gasteiger partial charge in [0.05, 0.1) is 6.61 Å². The zero-order chi connectivity index (χ0) is 14.0. The predicted molar refractivity (Wildman–Crippen MR) is 69.3 cm³/mol. The smallest absolute Gasteiger partial charge is 0.320 e. The van der Waals surface area contributed by atoms with Crippen LogP contribution >= 0.6 is 0 Å². The van der Waals surface area contributed by atoms with Crippen LogP contribution in [0.5, 0.6) is 0 Å². The van der Waals surface area contributed by atoms with E-state index in [2.05, 4.69) is 13.2 Å². The average molecular weight is 255 g/mol. The van der Waals surface area contributed by atoms with Crippen molar-refractivity contribution in [1.82, 2.24) is 4.90 Å². The molecule has 0 rings (SSSR count). The molecular formula is C13H21NO4. The van der Waals surface area contributed by atoms with Gasteiger partial charge in [0.15, 0.2) is 0 Å². The van der Waals surface area contributed by atoms with E-state index < -0.39 is 12.0 Å². The number of hydrogen-bond acceptors (Lipinski definition) is 4. The summed E-state index contributed by atoms with van der Waals surface area (Å²) in [5, 5.41) is 9.18. The van der Waals surface area contributed by atoms with Crippen LogP contribution in [0.1, 0.15) is 19.8 Å². The van der Waals surface area contributed by atoms with Crippen LogP contribution in [-0.4, -0.2) is 47.7 Å². The topological polar surface area (TPSA) is 66.8 Å². The van der Waals surface area contributed by atoms with Crippen molar-refractivity contribution in [3.8, 4) is 0 Å². The summed E-state index contributed by atoms with van der Waals surface area (Å²) >= 11 is 0. The van der Waals surface area contributed by atoms with Gasteiger partial charge in [0.1, 0.15) is 6.04 Å². The van der Waals surface area contributed by atoms with Crippen LogP contribution in [0.25, 0.3) is 0 Å². The van der Waals surface area contributed by atoms with E-state index in [-0.39, 0.29) is 18.8 Å². The Morgan fingerprint density at radius 2 is 1.89 bits per heavy atom. The Hall–Kier alpha value is -1.62. The molecule has 0 fully saturated rings. The van der Waals surface area contributed by atoms with Crippen molar-refractivity contribution in [2.24, 2.45) is 0 Å². The van der Waals surface area contributed by atoms with Gasteiger partial charge >= 0.3 is 11.9 Å². The molecule has 0 spiro atoms. The summed E-state index contributed by atoms with van der Waals surface area (Å²) in [6, 6.07) is -0.731. The fourth-order valence-electron chi connectivity index (χ4n) is 1.61. The van der Waals surface area contributed by atoms with E-state index in [1.165, 1.54) is 0 Å². The molecule has 0 radical (unpaired) electrons. The first kappa shape index (κ1) is 16.4. The number of rotatable bonds is 10. The van der Waals surface area contributed by atoms with Crippen LogP contribution in [0.4, 0.5) is 0 Å². The summed E-state index contributed by atoms with van der Waals surface area (Å²) in [7, 11) is 0. The number of nitrogens with zero attached hydrogens (tertiary/aromatic N) is 1. The van der Waals surface area contributed by atoms with Gasteiger partial charge in [-0.05, 0) is 13.3 Å². The number of carbonyl (C=O) groups is 2. The summed E-state index contributed by atoms with van der Waals surface area (Å²) in [5.41, 5.74) is 0. The van der Waals surface area contributed by atoms with Crippen molar-refractivity contribution in [1.29, 1.82) is 0 Å². The maximum Gasteiger partial charge on any atom is 0.320 e. The van der Waals surface area contributed by atoms with Gasteiger partial charge in [-0.2, -0.15) is 0 Å². The molecule has 0 aliphatic rings. The molecule has 102 valence electrons. The first-order valence-electron chi connectivity index (χ1n) is 5.91. The minimum Gasteiger partial charge on any atom is -0.480 e. The first-order valence-corrected chi connectivity index (χ1v) is 5.91. The second-order valence-electron chi connectivity index (χ2n) is 3.73. The predicted octanol–water partition coefficient (Wildman–Crippen LogP) is 1.46. The lowest BCUT2D eigenvalue weighted by atomic mass is 10.1. The van der Waals surface area contributed by atoms with Gasteiger partial charge in [-0.15, -0.1) is 13.2 Å². The molecule has 0 amide bonds. The highest BCUT2D eigenvalue weighted by Gasteiger charge is 2.24. The first-order chi connectivity index (χ1) is 8.56. The highest BCUT2D eigenvalue weighted by atomic mass is 16.5. The normalized spacial score (nSPS) is 11.9. The van der Waals surface area contributed by atoms with Crippen molar-refractivity contribution >= 4 is 11.9 Å². The van der Waals surface area contributed by atoms with Gasteiger partial charge < -0.3 is 9.84 Å². The zero-order valence-electron chi connectivity index (χ0n) is 10.8. The largest absolute Gasteiger partial charge is 0.480 e. The summed E-state index contributed by atoms with van der Waals surface area (Å²) < 4.78 is 4.78. The highest BCUT2D eigenvalue weighted by molar-refractivity contribution is 5.75. The molecule has 0 aliphatic heterocycles. The van der Waals surface area contributed by atoms with Gasteiger partial charge in [-0.1, -0.05) is 12.2 Å². The van der Waals surface area contributed by atoms with Crippen molar-refractivity contribution in [2.75, 3.05) is 19.7 Å². The zero-order valence-corrected chi connectivity index (χ0v) is 10.8. The van der Waals surface area contributed by atoms with Gasteiger partial charge in [0.2, 0.25) is 0 Å². The second kappa shape index (κ2) is 9.41. The number of esters is 1. The molecule has 0 aromatic rings. The Labute approximate surface area is 108 Å². The van der Waals surface area contributed by atoms with Crippen LogP contribution in [0.15, 0.2) is 25.3 Å². The van der Waals surface area contributed by atoms with Crippen molar-refractivity contribution in [3.05, 3.63) is 25.3 Å². The summed E-state index contributed by atoms with van der Waals surface area (Å²) in [6.45, 7) is 10.1. The Morgan fingerprint density at radius 3 is 2.28 bits per heavy atom. The lowest BCUT2D eigenvalue weighted by molar-refractivity contribution is -0.146. The Morgan fingerprint density at radius 1 is 1.33 bits per heavy atom. The van der Waals surface area contributed by atoms with Crippen LogP contribution in [0, 0.1) is 0 Å². The van der Waals surface area contributed by atoms with Crippen LogP contribution in [0.3, 0.4) is 0 Å². The number of hydrogen-bond donors (Lipinski definition) is 1. The molecule has 0 heterocycles. The third kappa shape index (κ3) is 6.20. The minimum atomic E-state index is -0.956. The van der Waals surface area contributed by atoms with Gasteiger partial charge in [-0.25, -0.2) is 0 Å². The van der Waals surface area contributed by atoms with Crippen LogP contribution in [-0.2, 0) is 14.3 Å². The average Bonchev–Trinajstić information content (AvgIpc) is 2.29. The quantitative estimate of drug-likeness (QED) is 0.473. The Balaban J connectivity index is 4.51. The Bertz CT molecular complexity index is 291. The van der Waals surface area contributed by atoms with E-state index in [4.69, 9.17) is 4.74 Å². The molecule has 5 nitrogen and oxygen atoms in total. The molecular weight excluding hydrogens is 234 g/mol. The standard InChI is InChI=1S/C13H21NO4/c1-4-9-14(10-5-2)11(13(16)17)7-8-12(15)18-6-3/h4-5,11H,1-2,6-10H2,3H3,(H,16,17)/t11-/m0/s1. The maximum atomic E-state index is 11.2. The van der Waals surface area contributed by atoms with Gasteiger partial charge in [-0.3, -0.25) is 14.5 Å². The van der Waals surface area contributed by atoms with E-state index in [1.807, 2.05) is 0 Å². The van der Waals surface area contributed by atoms with E-state index in [0.717, 1.165) is 0 Å². The van der Waals surface area contributed by atoms with Crippen molar-refractivity contribution in [2.45, 2.75) is 25.8 Å². The molecule has 0 bridgehead atoms. The molecule has 5 heteroatoms. The van der Waals surface area contributed by atoms with E-state index in [0.29, 0.717) is 19.7 Å². The van der Waals surface area contributed by atoms with Crippen LogP contribution in [0.2, 0.25) is 0 Å². The van der Waals surface area contributed by atoms with E-state index in [1.54, 1.807) is 24.0 Å². The third-order valence-electron chi connectivity index (χ3n) is 2.38. The minimum absolute atomic E-state index is 0.0928. The number of carboxylic acids is 1. The summed E-state index contributed by atoms with van der Waals surface area (Å²) in [4.78, 5) is 24.1. The molecule has 0 saturated carbocycles. The van der Waals surface area contributed by atoms with Crippen molar-refractivity contribution in [3.63, 3.8) is 0 Å². The number of ether oxygens (including phenoxy) is 1. The molecule has 0 aliphatic carbocycles. The molecule has 0 aromatic carbocycles. The lowest BCUT2D eigenvalue weighted by Gasteiger charge is -2.26.